The van der Waals surface area contributed by atoms with Gasteiger partial charge in [0.15, 0.2) is 0 Å². The van der Waals surface area contributed by atoms with Crippen LogP contribution in [-0.2, 0) is 0 Å². The summed E-state index contributed by atoms with van der Waals surface area (Å²) in [6.45, 7) is 0. The SMILES string of the molecule is COc1ccc(C(=O)N/N=C/C2CC3C=CC2C3)cc1. The Hall–Kier alpha value is -2.10. The fourth-order valence-electron chi connectivity index (χ4n) is 2.99. The third kappa shape index (κ3) is 2.59. The van der Waals surface area contributed by atoms with Crippen molar-refractivity contribution in [3.8, 4) is 5.75 Å². The summed E-state index contributed by atoms with van der Waals surface area (Å²) < 4.78 is 5.06. The lowest BCUT2D eigenvalue weighted by Gasteiger charge is -2.11. The van der Waals surface area contributed by atoms with E-state index in [2.05, 4.69) is 22.7 Å². The summed E-state index contributed by atoms with van der Waals surface area (Å²) in [6.07, 6.45) is 8.85. The van der Waals surface area contributed by atoms with Crippen LogP contribution in [0.1, 0.15) is 23.2 Å². The molecule has 0 heterocycles. The van der Waals surface area contributed by atoms with Gasteiger partial charge >= 0.3 is 0 Å². The first-order valence-electron chi connectivity index (χ1n) is 6.92. The largest absolute Gasteiger partial charge is 0.497 e. The van der Waals surface area contributed by atoms with Gasteiger partial charge in [-0.05, 0) is 48.9 Å². The van der Waals surface area contributed by atoms with E-state index in [0.717, 1.165) is 12.2 Å². The monoisotopic (exact) mass is 270 g/mol. The quantitative estimate of drug-likeness (QED) is 0.519. The highest BCUT2D eigenvalue weighted by Crippen LogP contribution is 2.42. The fraction of sp³-hybridized carbons (Fsp3) is 0.375. The van der Waals surface area contributed by atoms with Crippen LogP contribution in [0.25, 0.3) is 0 Å². The Morgan fingerprint density at radius 3 is 2.70 bits per heavy atom. The van der Waals surface area contributed by atoms with E-state index >= 15 is 0 Å². The standard InChI is InChI=1S/C16H18N2O2/c1-20-15-6-4-12(5-7-15)16(19)18-17-10-14-9-11-2-3-13(14)8-11/h2-7,10-11,13-14H,8-9H2,1H3,(H,18,19)/b17-10+. The van der Waals surface area contributed by atoms with E-state index in [1.54, 1.807) is 31.4 Å². The lowest BCUT2D eigenvalue weighted by atomic mass is 9.95. The van der Waals surface area contributed by atoms with Crippen LogP contribution in [0.5, 0.6) is 5.75 Å². The molecule has 4 nitrogen and oxygen atoms in total. The van der Waals surface area contributed by atoms with Crippen LogP contribution >= 0.6 is 0 Å². The minimum Gasteiger partial charge on any atom is -0.497 e. The first-order valence-corrected chi connectivity index (χ1v) is 6.92. The number of nitrogens with zero attached hydrogens (tertiary/aromatic N) is 1. The summed E-state index contributed by atoms with van der Waals surface area (Å²) in [5, 5.41) is 4.10. The highest BCUT2D eigenvalue weighted by molar-refractivity contribution is 5.94. The van der Waals surface area contributed by atoms with Crippen LogP contribution in [0.4, 0.5) is 0 Å². The minimum absolute atomic E-state index is 0.192. The van der Waals surface area contributed by atoms with Crippen molar-refractivity contribution in [2.24, 2.45) is 22.9 Å². The Morgan fingerprint density at radius 1 is 1.30 bits per heavy atom. The molecule has 0 aliphatic heterocycles. The van der Waals surface area contributed by atoms with Gasteiger partial charge in [0.1, 0.15) is 5.75 Å². The van der Waals surface area contributed by atoms with E-state index in [1.165, 1.54) is 6.42 Å². The van der Waals surface area contributed by atoms with Gasteiger partial charge in [-0.1, -0.05) is 12.2 Å². The average molecular weight is 270 g/mol. The number of carbonyl (C=O) groups excluding carboxylic acids is 1. The van der Waals surface area contributed by atoms with Crippen molar-refractivity contribution in [3.63, 3.8) is 0 Å². The number of hydrazone groups is 1. The molecular weight excluding hydrogens is 252 g/mol. The van der Waals surface area contributed by atoms with Gasteiger partial charge in [0.2, 0.25) is 0 Å². The number of carbonyl (C=O) groups is 1. The molecule has 4 heteroatoms. The van der Waals surface area contributed by atoms with E-state index < -0.39 is 0 Å². The van der Waals surface area contributed by atoms with Gasteiger partial charge in [0.25, 0.3) is 5.91 Å². The molecule has 0 saturated heterocycles. The second-order valence-electron chi connectivity index (χ2n) is 5.39. The summed E-state index contributed by atoms with van der Waals surface area (Å²) in [5.74, 6) is 2.35. The van der Waals surface area contributed by atoms with Gasteiger partial charge in [0, 0.05) is 17.7 Å². The van der Waals surface area contributed by atoms with Crippen LogP contribution < -0.4 is 10.2 Å². The molecule has 3 unspecified atom stereocenters. The van der Waals surface area contributed by atoms with Crippen molar-refractivity contribution >= 4 is 12.1 Å². The van der Waals surface area contributed by atoms with Crippen LogP contribution in [0.15, 0.2) is 41.5 Å². The summed E-state index contributed by atoms with van der Waals surface area (Å²) in [4.78, 5) is 11.9. The van der Waals surface area contributed by atoms with E-state index in [-0.39, 0.29) is 5.91 Å². The van der Waals surface area contributed by atoms with Crippen molar-refractivity contribution in [1.29, 1.82) is 0 Å². The molecule has 20 heavy (non-hydrogen) atoms. The predicted molar refractivity (Wildman–Crippen MR) is 77.8 cm³/mol. The topological polar surface area (TPSA) is 50.7 Å². The van der Waals surface area contributed by atoms with E-state index in [1.807, 2.05) is 6.21 Å². The van der Waals surface area contributed by atoms with Crippen molar-refractivity contribution < 1.29 is 9.53 Å². The number of ether oxygens (including phenoxy) is 1. The van der Waals surface area contributed by atoms with Gasteiger partial charge < -0.3 is 4.74 Å². The Kier molecular flexibility index (Phi) is 3.54. The molecule has 104 valence electrons. The second kappa shape index (κ2) is 5.49. The van der Waals surface area contributed by atoms with Gasteiger partial charge in [-0.25, -0.2) is 5.43 Å². The average Bonchev–Trinajstić information content (AvgIpc) is 3.10. The lowest BCUT2D eigenvalue weighted by molar-refractivity contribution is 0.0955. The van der Waals surface area contributed by atoms with Gasteiger partial charge in [-0.15, -0.1) is 0 Å². The number of fused-ring (bicyclic) bond motifs is 2. The number of hydrogen-bond acceptors (Lipinski definition) is 3. The number of benzene rings is 1. The van der Waals surface area contributed by atoms with E-state index in [0.29, 0.717) is 23.3 Å². The highest BCUT2D eigenvalue weighted by atomic mass is 16.5. The van der Waals surface area contributed by atoms with Crippen molar-refractivity contribution in [3.05, 3.63) is 42.0 Å². The molecular formula is C16H18N2O2. The Bertz CT molecular complexity index is 548. The molecule has 3 rings (SSSR count). The zero-order valence-electron chi connectivity index (χ0n) is 11.5. The van der Waals surface area contributed by atoms with Gasteiger partial charge in [-0.2, -0.15) is 5.10 Å². The number of nitrogens with one attached hydrogen (secondary N) is 1. The molecule has 2 aliphatic rings. The molecule has 0 radical (unpaired) electrons. The zero-order valence-corrected chi connectivity index (χ0v) is 11.5. The van der Waals surface area contributed by atoms with Crippen LogP contribution in [-0.4, -0.2) is 19.2 Å². The molecule has 1 fully saturated rings. The van der Waals surface area contributed by atoms with Gasteiger partial charge in [-0.3, -0.25) is 4.79 Å². The molecule has 1 amide bonds. The van der Waals surface area contributed by atoms with Crippen molar-refractivity contribution in [2.75, 3.05) is 7.11 Å². The van der Waals surface area contributed by atoms with Crippen LogP contribution in [0.2, 0.25) is 0 Å². The maximum atomic E-state index is 11.9. The maximum Gasteiger partial charge on any atom is 0.271 e. The molecule has 1 aromatic carbocycles. The molecule has 1 saturated carbocycles. The van der Waals surface area contributed by atoms with Gasteiger partial charge in [0.05, 0.1) is 7.11 Å². The van der Waals surface area contributed by atoms with Crippen LogP contribution in [0, 0.1) is 17.8 Å². The summed E-state index contributed by atoms with van der Waals surface area (Å²) in [6, 6.07) is 6.98. The summed E-state index contributed by atoms with van der Waals surface area (Å²) in [5.41, 5.74) is 3.17. The number of allylic oxidation sites excluding steroid dienone is 2. The number of hydrogen-bond donors (Lipinski definition) is 1. The molecule has 2 bridgehead atoms. The molecule has 3 atom stereocenters. The van der Waals surface area contributed by atoms with E-state index in [4.69, 9.17) is 4.74 Å². The van der Waals surface area contributed by atoms with E-state index in [9.17, 15) is 4.79 Å². The third-order valence-electron chi connectivity index (χ3n) is 4.11. The molecule has 1 aromatic rings. The second-order valence-corrected chi connectivity index (χ2v) is 5.39. The Balaban J connectivity index is 1.55. The summed E-state index contributed by atoms with van der Waals surface area (Å²) >= 11 is 0. The summed E-state index contributed by atoms with van der Waals surface area (Å²) in [7, 11) is 1.60. The molecule has 1 N–H and O–H groups in total. The fourth-order valence-corrected chi connectivity index (χ4v) is 2.99. The first-order chi connectivity index (χ1) is 9.76. The molecule has 2 aliphatic carbocycles. The number of amides is 1. The highest BCUT2D eigenvalue weighted by Gasteiger charge is 2.34. The molecule has 0 spiro atoms. The number of rotatable bonds is 4. The van der Waals surface area contributed by atoms with Crippen molar-refractivity contribution in [1.82, 2.24) is 5.43 Å². The third-order valence-corrected chi connectivity index (χ3v) is 4.11. The predicted octanol–water partition coefficient (Wildman–Crippen LogP) is 2.62. The zero-order chi connectivity index (χ0) is 13.9. The van der Waals surface area contributed by atoms with Crippen molar-refractivity contribution in [2.45, 2.75) is 12.8 Å². The molecule has 0 aromatic heterocycles. The smallest absolute Gasteiger partial charge is 0.271 e. The maximum absolute atomic E-state index is 11.9. The Morgan fingerprint density at radius 2 is 2.10 bits per heavy atom. The normalized spacial score (nSPS) is 27.1. The Labute approximate surface area is 118 Å². The number of methoxy groups -OCH3 is 1. The van der Waals surface area contributed by atoms with Crippen LogP contribution in [0.3, 0.4) is 0 Å². The first kappa shape index (κ1) is 12.9. The minimum atomic E-state index is -0.192. The lowest BCUT2D eigenvalue weighted by Crippen LogP contribution is -2.19.